The molecular formula is C9H11F3N2O. The average Bonchev–Trinajstić information content (AvgIpc) is 2.15. The van der Waals surface area contributed by atoms with Crippen molar-refractivity contribution in [2.45, 2.75) is 12.7 Å². The first-order valence-corrected chi connectivity index (χ1v) is 4.37. The van der Waals surface area contributed by atoms with E-state index in [0.29, 0.717) is 6.54 Å². The van der Waals surface area contributed by atoms with Crippen molar-refractivity contribution in [1.82, 2.24) is 9.88 Å². The van der Waals surface area contributed by atoms with E-state index in [1.165, 1.54) is 0 Å². The highest BCUT2D eigenvalue weighted by molar-refractivity contribution is 5.13. The van der Waals surface area contributed by atoms with Crippen LogP contribution in [0.2, 0.25) is 0 Å². The number of hydrogen-bond donors (Lipinski definition) is 1. The summed E-state index contributed by atoms with van der Waals surface area (Å²) in [6.45, 7) is 0.667. The molecule has 1 aromatic rings. The van der Waals surface area contributed by atoms with Gasteiger partial charge in [-0.2, -0.15) is 13.2 Å². The molecule has 0 aliphatic heterocycles. The Kier molecular flexibility index (Phi) is 3.52. The molecule has 0 aromatic carbocycles. The van der Waals surface area contributed by atoms with Crippen molar-refractivity contribution in [3.63, 3.8) is 0 Å². The van der Waals surface area contributed by atoms with Crippen molar-refractivity contribution in [3.05, 3.63) is 34.2 Å². The molecule has 0 aliphatic rings. The second-order valence-electron chi connectivity index (χ2n) is 3.05. The molecule has 1 rings (SSSR count). The van der Waals surface area contributed by atoms with Gasteiger partial charge < -0.3 is 9.88 Å². The van der Waals surface area contributed by atoms with Crippen LogP contribution in [0.3, 0.4) is 0 Å². The van der Waals surface area contributed by atoms with Crippen LogP contribution in [-0.4, -0.2) is 18.2 Å². The van der Waals surface area contributed by atoms with Crippen LogP contribution >= 0.6 is 0 Å². The summed E-state index contributed by atoms with van der Waals surface area (Å²) < 4.78 is 37.9. The lowest BCUT2D eigenvalue weighted by Gasteiger charge is -2.10. The Labute approximate surface area is 84.5 Å². The lowest BCUT2D eigenvalue weighted by atomic mass is 10.3. The van der Waals surface area contributed by atoms with Crippen molar-refractivity contribution >= 4 is 0 Å². The fraction of sp³-hybridized carbons (Fsp3) is 0.444. The summed E-state index contributed by atoms with van der Waals surface area (Å²) in [4.78, 5) is 11.2. The fourth-order valence-corrected chi connectivity index (χ4v) is 1.11. The maximum atomic E-state index is 12.3. The summed E-state index contributed by atoms with van der Waals surface area (Å²) in [5.41, 5.74) is -1.24. The van der Waals surface area contributed by atoms with E-state index < -0.39 is 17.3 Å². The zero-order chi connectivity index (χ0) is 11.5. The zero-order valence-corrected chi connectivity index (χ0v) is 8.14. The number of hydrogen-bond acceptors (Lipinski definition) is 2. The summed E-state index contributed by atoms with van der Waals surface area (Å²) in [6, 6.07) is 1.72. The smallest absolute Gasteiger partial charge is 0.318 e. The van der Waals surface area contributed by atoms with Crippen LogP contribution in [-0.2, 0) is 12.7 Å². The van der Waals surface area contributed by atoms with Gasteiger partial charge in [-0.25, -0.2) is 0 Å². The van der Waals surface area contributed by atoms with Gasteiger partial charge in [-0.3, -0.25) is 4.79 Å². The van der Waals surface area contributed by atoms with Gasteiger partial charge in [-0.15, -0.1) is 0 Å². The van der Waals surface area contributed by atoms with Crippen LogP contribution in [0, 0.1) is 0 Å². The molecule has 0 aliphatic carbocycles. The van der Waals surface area contributed by atoms with Gasteiger partial charge in [-0.1, -0.05) is 0 Å². The lowest BCUT2D eigenvalue weighted by molar-refractivity contribution is -0.138. The highest BCUT2D eigenvalue weighted by atomic mass is 19.4. The Morgan fingerprint density at radius 3 is 2.60 bits per heavy atom. The number of nitrogens with zero attached hydrogens (tertiary/aromatic N) is 1. The molecule has 0 spiro atoms. The maximum Gasteiger partial charge on any atom is 0.417 e. The largest absolute Gasteiger partial charge is 0.417 e. The predicted octanol–water partition coefficient (Wildman–Crippen LogP) is 1.09. The van der Waals surface area contributed by atoms with Crippen LogP contribution in [0.15, 0.2) is 23.1 Å². The third kappa shape index (κ3) is 3.09. The number of rotatable bonds is 3. The van der Waals surface area contributed by atoms with Crippen molar-refractivity contribution < 1.29 is 13.2 Å². The minimum Gasteiger partial charge on any atom is -0.318 e. The summed E-state index contributed by atoms with van der Waals surface area (Å²) in [7, 11) is 1.67. The average molecular weight is 220 g/mol. The molecule has 0 bridgehead atoms. The molecule has 84 valence electrons. The molecule has 15 heavy (non-hydrogen) atoms. The van der Waals surface area contributed by atoms with Gasteiger partial charge in [0.05, 0.1) is 5.56 Å². The third-order valence-electron chi connectivity index (χ3n) is 1.91. The van der Waals surface area contributed by atoms with Crippen LogP contribution in [0.1, 0.15) is 5.56 Å². The molecule has 1 aromatic heterocycles. The molecule has 1 heterocycles. The number of aromatic nitrogens is 1. The normalized spacial score (nSPS) is 11.7. The molecule has 0 saturated heterocycles. The van der Waals surface area contributed by atoms with Crippen LogP contribution in [0.4, 0.5) is 13.2 Å². The van der Waals surface area contributed by atoms with Gasteiger partial charge in [0.1, 0.15) is 0 Å². The Hall–Kier alpha value is -1.30. The quantitative estimate of drug-likeness (QED) is 0.827. The molecule has 0 radical (unpaired) electrons. The van der Waals surface area contributed by atoms with Crippen molar-refractivity contribution in [2.75, 3.05) is 13.6 Å². The Balaban J connectivity index is 3.01. The van der Waals surface area contributed by atoms with Crippen LogP contribution in [0.5, 0.6) is 0 Å². The van der Waals surface area contributed by atoms with Crippen molar-refractivity contribution in [1.29, 1.82) is 0 Å². The Bertz CT molecular complexity index is 384. The molecule has 3 nitrogen and oxygen atoms in total. The molecule has 0 amide bonds. The van der Waals surface area contributed by atoms with E-state index in [4.69, 9.17) is 0 Å². The summed E-state index contributed by atoms with van der Waals surface area (Å²) >= 11 is 0. The Morgan fingerprint density at radius 2 is 2.07 bits per heavy atom. The van der Waals surface area contributed by atoms with Crippen molar-refractivity contribution in [2.24, 2.45) is 0 Å². The van der Waals surface area contributed by atoms with E-state index in [-0.39, 0.29) is 6.54 Å². The first-order chi connectivity index (χ1) is 6.95. The zero-order valence-electron chi connectivity index (χ0n) is 8.14. The molecule has 0 unspecified atom stereocenters. The van der Waals surface area contributed by atoms with Gasteiger partial charge in [0, 0.05) is 25.4 Å². The lowest BCUT2D eigenvalue weighted by Crippen LogP contribution is -2.26. The minimum absolute atomic E-state index is 0.221. The second kappa shape index (κ2) is 4.48. The summed E-state index contributed by atoms with van der Waals surface area (Å²) in [5.74, 6) is 0. The highest BCUT2D eigenvalue weighted by Gasteiger charge is 2.30. The maximum absolute atomic E-state index is 12.3. The van der Waals surface area contributed by atoms with Crippen LogP contribution in [0.25, 0.3) is 0 Å². The SMILES string of the molecule is CNCCn1cc(C(F)(F)F)ccc1=O. The monoisotopic (exact) mass is 220 g/mol. The predicted molar refractivity (Wildman–Crippen MR) is 49.6 cm³/mol. The topological polar surface area (TPSA) is 34.0 Å². The summed E-state index contributed by atoms with van der Waals surface area (Å²) in [5, 5.41) is 2.76. The van der Waals surface area contributed by atoms with Gasteiger partial charge in [0.2, 0.25) is 0 Å². The van der Waals surface area contributed by atoms with E-state index in [1.54, 1.807) is 7.05 Å². The summed E-state index contributed by atoms with van der Waals surface area (Å²) in [6.07, 6.45) is -3.57. The van der Waals surface area contributed by atoms with Gasteiger partial charge in [-0.05, 0) is 13.1 Å². The number of halogens is 3. The number of likely N-dealkylation sites (N-methyl/N-ethyl adjacent to an activating group) is 1. The van der Waals surface area contributed by atoms with Gasteiger partial charge in [0.25, 0.3) is 5.56 Å². The molecule has 0 atom stereocenters. The first kappa shape index (κ1) is 11.8. The number of nitrogens with one attached hydrogen (secondary N) is 1. The van der Waals surface area contributed by atoms with E-state index >= 15 is 0 Å². The fourth-order valence-electron chi connectivity index (χ4n) is 1.11. The molecular weight excluding hydrogens is 209 g/mol. The van der Waals surface area contributed by atoms with E-state index in [1.807, 2.05) is 0 Å². The molecule has 0 saturated carbocycles. The molecule has 1 N–H and O–H groups in total. The van der Waals surface area contributed by atoms with E-state index in [2.05, 4.69) is 5.32 Å². The minimum atomic E-state index is -4.41. The molecule has 0 fully saturated rings. The second-order valence-corrected chi connectivity index (χ2v) is 3.05. The Morgan fingerprint density at radius 1 is 1.40 bits per heavy atom. The number of pyridine rings is 1. The number of alkyl halides is 3. The first-order valence-electron chi connectivity index (χ1n) is 4.37. The highest BCUT2D eigenvalue weighted by Crippen LogP contribution is 2.27. The van der Waals surface area contributed by atoms with E-state index in [9.17, 15) is 18.0 Å². The van der Waals surface area contributed by atoms with Crippen molar-refractivity contribution in [3.8, 4) is 0 Å². The molecule has 6 heteroatoms. The van der Waals surface area contributed by atoms with Crippen LogP contribution < -0.4 is 10.9 Å². The van der Waals surface area contributed by atoms with E-state index in [0.717, 1.165) is 22.9 Å². The van der Waals surface area contributed by atoms with Gasteiger partial charge >= 0.3 is 6.18 Å². The van der Waals surface area contributed by atoms with Gasteiger partial charge in [0.15, 0.2) is 0 Å². The standard InChI is InChI=1S/C9H11F3N2O/c1-13-4-5-14-6-7(9(10,11)12)2-3-8(14)15/h2-3,6,13H,4-5H2,1H3. The third-order valence-corrected chi connectivity index (χ3v) is 1.91.